The molecule has 4 N–H and O–H groups in total. The molecule has 0 saturated heterocycles. The molecule has 0 saturated carbocycles. The van der Waals surface area contributed by atoms with Gasteiger partial charge in [0.05, 0.1) is 11.4 Å². The summed E-state index contributed by atoms with van der Waals surface area (Å²) in [6, 6.07) is 4.49. The van der Waals surface area contributed by atoms with E-state index < -0.39 is 0 Å². The van der Waals surface area contributed by atoms with Crippen LogP contribution in [0.3, 0.4) is 0 Å². The highest BCUT2D eigenvalue weighted by atomic mass is 35.5. The molecule has 0 unspecified atom stereocenters. The standard InChI is InChI=1S/C10H13ClN2O2S/c11-7-1-2-9(14)8(5-7)13-10(15)6-16-4-3-12/h1-2,5,14H,3-4,6,12H2,(H,13,15). The number of anilines is 1. The molecule has 0 aliphatic rings. The Morgan fingerprint density at radius 3 is 3.00 bits per heavy atom. The lowest BCUT2D eigenvalue weighted by Crippen LogP contribution is -2.15. The van der Waals surface area contributed by atoms with Crippen molar-refractivity contribution in [3.63, 3.8) is 0 Å². The van der Waals surface area contributed by atoms with Crippen LogP contribution >= 0.6 is 23.4 Å². The van der Waals surface area contributed by atoms with Gasteiger partial charge in [0, 0.05) is 17.3 Å². The number of hydrogen-bond acceptors (Lipinski definition) is 4. The van der Waals surface area contributed by atoms with Crippen LogP contribution < -0.4 is 11.1 Å². The number of amides is 1. The Morgan fingerprint density at radius 1 is 1.56 bits per heavy atom. The van der Waals surface area contributed by atoms with E-state index in [4.69, 9.17) is 17.3 Å². The molecule has 0 bridgehead atoms. The molecule has 0 fully saturated rings. The molecule has 88 valence electrons. The second-order valence-corrected chi connectivity index (χ2v) is 4.59. The first-order valence-corrected chi connectivity index (χ1v) is 6.23. The summed E-state index contributed by atoms with van der Waals surface area (Å²) in [6.07, 6.45) is 0. The fourth-order valence-electron chi connectivity index (χ4n) is 1.04. The summed E-state index contributed by atoms with van der Waals surface area (Å²) in [5.41, 5.74) is 5.63. The molecule has 1 rings (SSSR count). The van der Waals surface area contributed by atoms with Crippen LogP contribution in [0.4, 0.5) is 5.69 Å². The molecule has 1 amide bonds. The van der Waals surface area contributed by atoms with Gasteiger partial charge in [0.25, 0.3) is 0 Å². The predicted molar refractivity (Wildman–Crippen MR) is 68.1 cm³/mol. The van der Waals surface area contributed by atoms with Crippen LogP contribution in [-0.4, -0.2) is 29.1 Å². The number of phenols is 1. The van der Waals surface area contributed by atoms with Crippen molar-refractivity contribution in [2.45, 2.75) is 0 Å². The number of carbonyl (C=O) groups excluding carboxylic acids is 1. The molecule has 0 aromatic heterocycles. The Labute approximate surface area is 103 Å². The lowest BCUT2D eigenvalue weighted by Gasteiger charge is -2.07. The zero-order valence-corrected chi connectivity index (χ0v) is 10.1. The number of benzene rings is 1. The van der Waals surface area contributed by atoms with E-state index in [1.54, 1.807) is 6.07 Å². The normalized spacial score (nSPS) is 10.1. The number of phenolic OH excluding ortho intramolecular Hbond substituents is 1. The van der Waals surface area contributed by atoms with E-state index in [9.17, 15) is 9.90 Å². The van der Waals surface area contributed by atoms with Crippen LogP contribution in [0.15, 0.2) is 18.2 Å². The minimum Gasteiger partial charge on any atom is -0.506 e. The number of nitrogens with two attached hydrogens (primary N) is 1. The zero-order valence-electron chi connectivity index (χ0n) is 8.57. The van der Waals surface area contributed by atoms with E-state index in [0.717, 1.165) is 5.75 Å². The Hall–Kier alpha value is -0.910. The van der Waals surface area contributed by atoms with Gasteiger partial charge in [0.2, 0.25) is 5.91 Å². The lowest BCUT2D eigenvalue weighted by atomic mass is 10.3. The van der Waals surface area contributed by atoms with Crippen LogP contribution in [0.1, 0.15) is 0 Å². The number of rotatable bonds is 5. The molecule has 0 atom stereocenters. The summed E-state index contributed by atoms with van der Waals surface area (Å²) in [6.45, 7) is 0.542. The molecule has 1 aromatic rings. The van der Waals surface area contributed by atoms with E-state index in [1.165, 1.54) is 23.9 Å². The summed E-state index contributed by atoms with van der Waals surface area (Å²) >= 11 is 7.18. The van der Waals surface area contributed by atoms with Gasteiger partial charge in [0.15, 0.2) is 0 Å². The first-order valence-electron chi connectivity index (χ1n) is 4.69. The highest BCUT2D eigenvalue weighted by Crippen LogP contribution is 2.26. The van der Waals surface area contributed by atoms with Gasteiger partial charge in [-0.15, -0.1) is 0 Å². The van der Waals surface area contributed by atoms with E-state index >= 15 is 0 Å². The first-order chi connectivity index (χ1) is 7.63. The van der Waals surface area contributed by atoms with Crippen LogP contribution in [0.5, 0.6) is 5.75 Å². The highest BCUT2D eigenvalue weighted by molar-refractivity contribution is 7.99. The number of hydrogen-bond donors (Lipinski definition) is 3. The van der Waals surface area contributed by atoms with Crippen molar-refractivity contribution in [3.05, 3.63) is 23.2 Å². The molecule has 0 aliphatic heterocycles. The van der Waals surface area contributed by atoms with Crippen molar-refractivity contribution >= 4 is 35.0 Å². The minimum atomic E-state index is -0.184. The molecule has 1 aromatic carbocycles. The van der Waals surface area contributed by atoms with Gasteiger partial charge in [0.1, 0.15) is 5.75 Å². The van der Waals surface area contributed by atoms with E-state index in [1.807, 2.05) is 0 Å². The minimum absolute atomic E-state index is 0.00146. The van der Waals surface area contributed by atoms with Crippen molar-refractivity contribution in [2.24, 2.45) is 5.73 Å². The quantitative estimate of drug-likeness (QED) is 0.556. The Morgan fingerprint density at radius 2 is 2.31 bits per heavy atom. The van der Waals surface area contributed by atoms with Crippen molar-refractivity contribution in [2.75, 3.05) is 23.4 Å². The monoisotopic (exact) mass is 260 g/mol. The van der Waals surface area contributed by atoms with Crippen LogP contribution in [-0.2, 0) is 4.79 Å². The predicted octanol–water partition coefficient (Wildman–Crippen LogP) is 1.68. The van der Waals surface area contributed by atoms with Crippen LogP contribution in [0.25, 0.3) is 0 Å². The number of halogens is 1. The van der Waals surface area contributed by atoms with Crippen LogP contribution in [0, 0.1) is 0 Å². The highest BCUT2D eigenvalue weighted by Gasteiger charge is 2.06. The second-order valence-electron chi connectivity index (χ2n) is 3.05. The van der Waals surface area contributed by atoms with Crippen LogP contribution in [0.2, 0.25) is 5.02 Å². The summed E-state index contributed by atoms with van der Waals surface area (Å²) in [7, 11) is 0. The topological polar surface area (TPSA) is 75.4 Å². The first kappa shape index (κ1) is 13.2. The largest absolute Gasteiger partial charge is 0.506 e. The number of carbonyl (C=O) groups is 1. The summed E-state index contributed by atoms with van der Waals surface area (Å²) in [5, 5.41) is 12.5. The smallest absolute Gasteiger partial charge is 0.234 e. The number of thioether (sulfide) groups is 1. The molecular weight excluding hydrogens is 248 g/mol. The molecule has 0 aliphatic carbocycles. The SMILES string of the molecule is NCCSCC(=O)Nc1cc(Cl)ccc1O. The molecule has 0 heterocycles. The fourth-order valence-corrected chi connectivity index (χ4v) is 1.78. The molecule has 0 radical (unpaired) electrons. The Balaban J connectivity index is 2.52. The van der Waals surface area contributed by atoms with Crippen molar-refractivity contribution < 1.29 is 9.90 Å². The van der Waals surface area contributed by atoms with E-state index in [0.29, 0.717) is 23.0 Å². The third kappa shape index (κ3) is 4.30. The second kappa shape index (κ2) is 6.62. The van der Waals surface area contributed by atoms with Gasteiger partial charge in [-0.25, -0.2) is 0 Å². The number of aromatic hydroxyl groups is 1. The van der Waals surface area contributed by atoms with E-state index in [-0.39, 0.29) is 11.7 Å². The van der Waals surface area contributed by atoms with Gasteiger partial charge in [-0.05, 0) is 18.2 Å². The van der Waals surface area contributed by atoms with Gasteiger partial charge in [-0.3, -0.25) is 4.79 Å². The Kier molecular flexibility index (Phi) is 5.45. The van der Waals surface area contributed by atoms with Crippen molar-refractivity contribution in [3.8, 4) is 5.75 Å². The number of nitrogens with one attached hydrogen (secondary N) is 1. The molecule has 4 nitrogen and oxygen atoms in total. The van der Waals surface area contributed by atoms with Crippen molar-refractivity contribution in [1.29, 1.82) is 0 Å². The molecule has 16 heavy (non-hydrogen) atoms. The summed E-state index contributed by atoms with van der Waals surface area (Å²) in [5.74, 6) is 0.857. The van der Waals surface area contributed by atoms with Gasteiger partial charge in [-0.2, -0.15) is 11.8 Å². The summed E-state index contributed by atoms with van der Waals surface area (Å²) in [4.78, 5) is 11.4. The summed E-state index contributed by atoms with van der Waals surface area (Å²) < 4.78 is 0. The zero-order chi connectivity index (χ0) is 12.0. The molecule has 6 heteroatoms. The molecular formula is C10H13ClN2O2S. The maximum absolute atomic E-state index is 11.4. The average Bonchev–Trinajstić information content (AvgIpc) is 2.24. The van der Waals surface area contributed by atoms with Crippen molar-refractivity contribution in [1.82, 2.24) is 0 Å². The fraction of sp³-hybridized carbons (Fsp3) is 0.300. The third-order valence-corrected chi connectivity index (χ3v) is 2.95. The maximum atomic E-state index is 11.4. The third-order valence-electron chi connectivity index (χ3n) is 1.73. The van der Waals surface area contributed by atoms with Gasteiger partial charge >= 0.3 is 0 Å². The molecule has 0 spiro atoms. The maximum Gasteiger partial charge on any atom is 0.234 e. The van der Waals surface area contributed by atoms with Gasteiger partial charge < -0.3 is 16.2 Å². The van der Waals surface area contributed by atoms with Gasteiger partial charge in [-0.1, -0.05) is 11.6 Å². The lowest BCUT2D eigenvalue weighted by molar-refractivity contribution is -0.113. The Bertz CT molecular complexity index is 374. The average molecular weight is 261 g/mol. The van der Waals surface area contributed by atoms with E-state index in [2.05, 4.69) is 5.32 Å².